The molecule has 94 heavy (non-hydrogen) atoms. The molecule has 0 spiro atoms. The summed E-state index contributed by atoms with van der Waals surface area (Å²) in [7, 11) is 1.49. The Balaban J connectivity index is 3.95. The topological polar surface area (TPSA) is 108 Å². The fourth-order valence-corrected chi connectivity index (χ4v) is 12.3. The highest BCUT2D eigenvalue weighted by Crippen LogP contribution is 2.43. The van der Waals surface area contributed by atoms with Crippen molar-refractivity contribution < 1.29 is 42.1 Å². The lowest BCUT2D eigenvalue weighted by molar-refractivity contribution is -0.870. The van der Waals surface area contributed by atoms with Crippen LogP contribution in [0.3, 0.4) is 0 Å². The normalized spacial score (nSPS) is 13.6. The van der Waals surface area contributed by atoms with E-state index < -0.39 is 26.5 Å². The molecule has 0 saturated heterocycles. The Bertz CT molecular complexity index is 1910. The smallest absolute Gasteiger partial charge is 0.462 e. The molecule has 0 bridgehead atoms. The van der Waals surface area contributed by atoms with Crippen LogP contribution in [0.15, 0.2) is 97.2 Å². The third kappa shape index (κ3) is 77.9. The van der Waals surface area contributed by atoms with Crippen molar-refractivity contribution in [2.24, 2.45) is 0 Å². The summed E-state index contributed by atoms with van der Waals surface area (Å²) in [6.45, 7) is 4.36. The molecule has 546 valence electrons. The van der Waals surface area contributed by atoms with E-state index in [0.717, 1.165) is 77.0 Å². The van der Waals surface area contributed by atoms with Gasteiger partial charge in [-0.15, -0.1) is 0 Å². The number of quaternary nitrogens is 1. The molecule has 0 amide bonds. The Hall–Kier alpha value is -3.07. The van der Waals surface area contributed by atoms with Gasteiger partial charge in [-0.25, -0.2) is 4.57 Å². The summed E-state index contributed by atoms with van der Waals surface area (Å²) in [4.78, 5) is 36.0. The zero-order valence-electron chi connectivity index (χ0n) is 62.4. The molecule has 0 rings (SSSR count). The van der Waals surface area contributed by atoms with E-state index in [-0.39, 0.29) is 25.6 Å². The van der Waals surface area contributed by atoms with Gasteiger partial charge >= 0.3 is 19.8 Å². The standard InChI is InChI=1S/C84H152NO8P/c1-6-8-10-12-14-16-18-20-22-24-26-28-30-32-34-36-38-40-41-42-43-45-47-49-51-53-55-57-59-61-63-65-67-69-71-73-75-77-84(87)93-82(81-92-94(88,89)91-79-78-85(3,4)5)80-90-83(86)76-74-72-70-68-66-64-62-60-58-56-54-52-50-48-46-44-39-37-35-33-31-29-27-25-23-21-19-17-15-13-11-9-7-2/h8,10,14,16,19-22,25-28,32,34,38,40,82H,6-7,9,11-13,15,17-18,23-24,29-31,33,35-37,39,41-81H2,1-5H3/p+1/b10-8-,16-14-,21-19-,22-20-,27-25-,28-26-,34-32-,40-38-. The maximum atomic E-state index is 12.9. The largest absolute Gasteiger partial charge is 0.472 e. The number of rotatable bonds is 74. The molecule has 0 aliphatic carbocycles. The molecule has 10 heteroatoms. The van der Waals surface area contributed by atoms with Gasteiger partial charge in [0.1, 0.15) is 19.8 Å². The molecule has 0 aliphatic heterocycles. The van der Waals surface area contributed by atoms with Crippen LogP contribution in [-0.2, 0) is 32.7 Å². The number of hydrogen-bond donors (Lipinski definition) is 1. The number of unbranched alkanes of at least 4 members (excludes halogenated alkanes) is 44. The Morgan fingerprint density at radius 2 is 0.606 bits per heavy atom. The number of allylic oxidation sites excluding steroid dienone is 16. The van der Waals surface area contributed by atoms with Crippen molar-refractivity contribution in [3.63, 3.8) is 0 Å². The molecule has 1 N–H and O–H groups in total. The van der Waals surface area contributed by atoms with E-state index >= 15 is 0 Å². The van der Waals surface area contributed by atoms with E-state index in [1.165, 1.54) is 263 Å². The van der Waals surface area contributed by atoms with Crippen LogP contribution in [0, 0.1) is 0 Å². The quantitative estimate of drug-likeness (QED) is 0.0211. The number of hydrogen-bond acceptors (Lipinski definition) is 7. The summed E-state index contributed by atoms with van der Waals surface area (Å²) in [6.07, 6.45) is 104. The van der Waals surface area contributed by atoms with E-state index in [1.807, 2.05) is 21.1 Å². The van der Waals surface area contributed by atoms with Crippen LogP contribution in [0.1, 0.15) is 373 Å². The highest BCUT2D eigenvalue weighted by atomic mass is 31.2. The van der Waals surface area contributed by atoms with Crippen molar-refractivity contribution in [3.05, 3.63) is 97.2 Å². The second kappa shape index (κ2) is 74.2. The summed E-state index contributed by atoms with van der Waals surface area (Å²) < 4.78 is 34.8. The zero-order chi connectivity index (χ0) is 68.3. The molecular formula is C84H153NO8P+. The van der Waals surface area contributed by atoms with Gasteiger partial charge in [0.15, 0.2) is 6.10 Å². The third-order valence-corrected chi connectivity index (χ3v) is 18.6. The maximum absolute atomic E-state index is 12.9. The van der Waals surface area contributed by atoms with Crippen LogP contribution >= 0.6 is 7.82 Å². The SMILES string of the molecule is CC/C=C\C/C=C\C/C=C\C/C=C\C/C=C\C/C=C\CCCCCCCCCCCCCCCCCCCCC(=O)OC(COC(=O)CCCCCCCCCCCCCCCCCCCCCCC/C=C\C/C=C\CCCCCCC)COP(=O)(O)OCC[N+](C)(C)C. The van der Waals surface area contributed by atoms with Gasteiger partial charge in [-0.3, -0.25) is 18.6 Å². The number of ether oxygens (including phenoxy) is 2. The first kappa shape index (κ1) is 90.9. The molecule has 0 radical (unpaired) electrons. The molecule has 0 aromatic rings. The Morgan fingerprint density at radius 1 is 0.340 bits per heavy atom. The van der Waals surface area contributed by atoms with Crippen LogP contribution in [0.2, 0.25) is 0 Å². The fourth-order valence-electron chi connectivity index (χ4n) is 11.5. The number of likely N-dealkylation sites (N-methyl/N-ethyl adjacent to an activating group) is 1. The first-order valence-corrected chi connectivity index (χ1v) is 41.5. The molecule has 0 heterocycles. The van der Waals surface area contributed by atoms with Gasteiger partial charge in [0.05, 0.1) is 27.7 Å². The number of phosphoric acid groups is 1. The molecule has 2 atom stereocenters. The minimum absolute atomic E-state index is 0.0316. The minimum atomic E-state index is -4.40. The van der Waals surface area contributed by atoms with Crippen LogP contribution in [0.25, 0.3) is 0 Å². The predicted octanol–water partition coefficient (Wildman–Crippen LogP) is 26.6. The van der Waals surface area contributed by atoms with Crippen molar-refractivity contribution in [3.8, 4) is 0 Å². The summed E-state index contributed by atoms with van der Waals surface area (Å²) in [5, 5.41) is 0. The lowest BCUT2D eigenvalue weighted by atomic mass is 10.0. The zero-order valence-corrected chi connectivity index (χ0v) is 63.3. The monoisotopic (exact) mass is 1340 g/mol. The van der Waals surface area contributed by atoms with Crippen LogP contribution in [0.4, 0.5) is 0 Å². The average Bonchev–Trinajstić information content (AvgIpc) is 1.56. The number of carbonyl (C=O) groups is 2. The molecule has 0 aliphatic rings. The van der Waals surface area contributed by atoms with E-state index in [0.29, 0.717) is 23.9 Å². The van der Waals surface area contributed by atoms with E-state index in [1.54, 1.807) is 0 Å². The number of carbonyl (C=O) groups excluding carboxylic acids is 2. The van der Waals surface area contributed by atoms with Crippen LogP contribution in [-0.4, -0.2) is 74.9 Å². The van der Waals surface area contributed by atoms with E-state index in [2.05, 4.69) is 111 Å². The second-order valence-corrected chi connectivity index (χ2v) is 29.5. The van der Waals surface area contributed by atoms with Crippen molar-refractivity contribution in [1.82, 2.24) is 0 Å². The lowest BCUT2D eigenvalue weighted by Gasteiger charge is -2.24. The molecule has 0 saturated carbocycles. The van der Waals surface area contributed by atoms with Gasteiger partial charge in [-0.2, -0.15) is 0 Å². The van der Waals surface area contributed by atoms with Gasteiger partial charge < -0.3 is 18.9 Å². The Labute approximate surface area is 583 Å². The molecule has 9 nitrogen and oxygen atoms in total. The molecule has 0 aromatic heterocycles. The Morgan fingerprint density at radius 3 is 0.904 bits per heavy atom. The van der Waals surface area contributed by atoms with Crippen LogP contribution < -0.4 is 0 Å². The number of phosphoric ester groups is 1. The third-order valence-electron chi connectivity index (χ3n) is 17.6. The predicted molar refractivity (Wildman–Crippen MR) is 408 cm³/mol. The summed E-state index contributed by atoms with van der Waals surface area (Å²) in [5.41, 5.74) is 0. The number of esters is 2. The molecule has 2 unspecified atom stereocenters. The second-order valence-electron chi connectivity index (χ2n) is 28.1. The van der Waals surface area contributed by atoms with E-state index in [4.69, 9.17) is 18.5 Å². The van der Waals surface area contributed by atoms with Gasteiger partial charge in [0.25, 0.3) is 0 Å². The van der Waals surface area contributed by atoms with Gasteiger partial charge in [-0.05, 0) is 96.3 Å². The lowest BCUT2D eigenvalue weighted by Crippen LogP contribution is -2.37. The summed E-state index contributed by atoms with van der Waals surface area (Å²) >= 11 is 0. The van der Waals surface area contributed by atoms with Gasteiger partial charge in [-0.1, -0.05) is 361 Å². The maximum Gasteiger partial charge on any atom is 0.472 e. The highest BCUT2D eigenvalue weighted by Gasteiger charge is 2.27. The molecule has 0 fully saturated rings. The van der Waals surface area contributed by atoms with Crippen molar-refractivity contribution in [2.75, 3.05) is 47.5 Å². The van der Waals surface area contributed by atoms with Crippen molar-refractivity contribution in [1.29, 1.82) is 0 Å². The first-order chi connectivity index (χ1) is 46.0. The average molecular weight is 1340 g/mol. The van der Waals surface area contributed by atoms with Gasteiger partial charge in [0.2, 0.25) is 0 Å². The highest BCUT2D eigenvalue weighted by molar-refractivity contribution is 7.47. The van der Waals surface area contributed by atoms with Gasteiger partial charge in [0, 0.05) is 12.8 Å². The fraction of sp³-hybridized carbons (Fsp3) is 0.786. The minimum Gasteiger partial charge on any atom is -0.462 e. The van der Waals surface area contributed by atoms with Crippen molar-refractivity contribution >= 4 is 19.8 Å². The Kier molecular flexibility index (Phi) is 71.7. The molecular weight excluding hydrogens is 1180 g/mol. The first-order valence-electron chi connectivity index (χ1n) is 40.0. The summed E-state index contributed by atoms with van der Waals surface area (Å²) in [5.74, 6) is -0.780. The number of nitrogens with zero attached hydrogens (tertiary/aromatic N) is 1. The molecule has 0 aromatic carbocycles. The van der Waals surface area contributed by atoms with Crippen LogP contribution in [0.5, 0.6) is 0 Å². The summed E-state index contributed by atoms with van der Waals surface area (Å²) in [6, 6.07) is 0. The van der Waals surface area contributed by atoms with Crippen molar-refractivity contribution in [2.45, 2.75) is 380 Å². The van der Waals surface area contributed by atoms with E-state index in [9.17, 15) is 19.0 Å².